The van der Waals surface area contributed by atoms with Gasteiger partial charge < -0.3 is 9.72 Å². The minimum absolute atomic E-state index is 0.224. The van der Waals surface area contributed by atoms with E-state index in [-0.39, 0.29) is 5.78 Å². The third kappa shape index (κ3) is 3.05. The van der Waals surface area contributed by atoms with Crippen LogP contribution in [0.5, 0.6) is 0 Å². The number of benzene rings is 2. The first-order valence-corrected chi connectivity index (χ1v) is 9.14. The first kappa shape index (κ1) is 17.9. The Morgan fingerprint density at radius 3 is 2.46 bits per heavy atom. The second-order valence-electron chi connectivity index (χ2n) is 6.91. The fraction of sp³-hybridized carbons (Fsp3) is 0.174. The van der Waals surface area contributed by atoms with Gasteiger partial charge in [0.1, 0.15) is 0 Å². The van der Waals surface area contributed by atoms with Crippen molar-refractivity contribution in [1.29, 1.82) is 0 Å². The van der Waals surface area contributed by atoms with Crippen molar-refractivity contribution in [2.24, 2.45) is 0 Å². The summed E-state index contributed by atoms with van der Waals surface area (Å²) in [6.45, 7) is 5.28. The number of nitrogens with zero attached hydrogens (tertiary/aromatic N) is 1. The van der Waals surface area contributed by atoms with Gasteiger partial charge >= 0.3 is 5.97 Å². The number of Topliss-reactive ketones (excluding diaryl/α,β-unsaturated/α-hetero) is 1. The highest BCUT2D eigenvalue weighted by Crippen LogP contribution is 2.25. The number of nitrogens with one attached hydrogen (secondary N) is 1. The van der Waals surface area contributed by atoms with Crippen LogP contribution in [0.15, 0.2) is 54.6 Å². The molecule has 1 unspecified atom stereocenters. The molecule has 0 aliphatic heterocycles. The molecule has 5 heteroatoms. The molecule has 0 bridgehead atoms. The van der Waals surface area contributed by atoms with E-state index in [1.807, 2.05) is 62.4 Å². The fourth-order valence-electron chi connectivity index (χ4n) is 3.55. The molecule has 140 valence electrons. The van der Waals surface area contributed by atoms with Gasteiger partial charge in [-0.3, -0.25) is 9.78 Å². The lowest BCUT2D eigenvalue weighted by molar-refractivity contribution is 0.0321. The number of aryl methyl sites for hydroxylation is 2. The molecule has 0 saturated heterocycles. The van der Waals surface area contributed by atoms with Gasteiger partial charge in [-0.1, -0.05) is 36.4 Å². The Hall–Kier alpha value is -3.47. The first-order chi connectivity index (χ1) is 13.5. The predicted octanol–water partition coefficient (Wildman–Crippen LogP) is 4.76. The van der Waals surface area contributed by atoms with Crippen molar-refractivity contribution in [3.63, 3.8) is 0 Å². The maximum absolute atomic E-state index is 13.0. The van der Waals surface area contributed by atoms with E-state index >= 15 is 0 Å². The number of esters is 1. The molecular formula is C23H20N2O3. The SMILES string of the molecule is Cc1cc(C(=O)OC(C)C(=O)c2c(C)[nH]c3ccccc23)c2ccccc2n1. The fourth-order valence-corrected chi connectivity index (χ4v) is 3.55. The summed E-state index contributed by atoms with van der Waals surface area (Å²) < 4.78 is 5.56. The maximum Gasteiger partial charge on any atom is 0.339 e. The molecule has 28 heavy (non-hydrogen) atoms. The molecule has 0 fully saturated rings. The van der Waals surface area contributed by atoms with E-state index in [2.05, 4.69) is 9.97 Å². The van der Waals surface area contributed by atoms with Crippen molar-refractivity contribution in [3.05, 3.63) is 77.1 Å². The predicted molar refractivity (Wildman–Crippen MR) is 109 cm³/mol. The monoisotopic (exact) mass is 372 g/mol. The van der Waals surface area contributed by atoms with Crippen molar-refractivity contribution >= 4 is 33.6 Å². The van der Waals surface area contributed by atoms with Crippen molar-refractivity contribution in [2.45, 2.75) is 26.9 Å². The van der Waals surface area contributed by atoms with Gasteiger partial charge in [-0.15, -0.1) is 0 Å². The summed E-state index contributed by atoms with van der Waals surface area (Å²) in [7, 11) is 0. The van der Waals surface area contributed by atoms with Crippen molar-refractivity contribution in [3.8, 4) is 0 Å². The normalized spacial score (nSPS) is 12.2. The van der Waals surface area contributed by atoms with E-state index in [0.717, 1.165) is 27.8 Å². The average molecular weight is 372 g/mol. The second-order valence-corrected chi connectivity index (χ2v) is 6.91. The molecule has 0 aliphatic carbocycles. The number of aromatic amines is 1. The first-order valence-electron chi connectivity index (χ1n) is 9.14. The van der Waals surface area contributed by atoms with Crippen LogP contribution in [0.3, 0.4) is 0 Å². The van der Waals surface area contributed by atoms with Gasteiger partial charge in [-0.25, -0.2) is 4.79 Å². The summed E-state index contributed by atoms with van der Waals surface area (Å²) in [5, 5.41) is 1.54. The molecule has 1 N–H and O–H groups in total. The molecular weight excluding hydrogens is 352 g/mol. The average Bonchev–Trinajstić information content (AvgIpc) is 3.02. The largest absolute Gasteiger partial charge is 0.451 e. The van der Waals surface area contributed by atoms with Crippen LogP contribution in [0.25, 0.3) is 21.8 Å². The molecule has 0 amide bonds. The van der Waals surface area contributed by atoms with Crippen LogP contribution < -0.4 is 0 Å². The third-order valence-corrected chi connectivity index (χ3v) is 4.86. The summed E-state index contributed by atoms with van der Waals surface area (Å²) in [5.41, 5.74) is 4.07. The number of carbonyl (C=O) groups excluding carboxylic acids is 2. The van der Waals surface area contributed by atoms with Gasteiger partial charge in [0.25, 0.3) is 0 Å². The molecule has 4 rings (SSSR count). The summed E-state index contributed by atoms with van der Waals surface area (Å²) >= 11 is 0. The number of para-hydroxylation sites is 2. The number of ether oxygens (including phenoxy) is 1. The smallest absolute Gasteiger partial charge is 0.339 e. The Morgan fingerprint density at radius 2 is 1.68 bits per heavy atom. The molecule has 2 heterocycles. The molecule has 2 aromatic heterocycles. The molecule has 0 radical (unpaired) electrons. The van der Waals surface area contributed by atoms with Crippen molar-refractivity contribution < 1.29 is 14.3 Å². The molecule has 4 aromatic rings. The van der Waals surface area contributed by atoms with E-state index in [1.165, 1.54) is 0 Å². The lowest BCUT2D eigenvalue weighted by Gasteiger charge is -2.14. The van der Waals surface area contributed by atoms with E-state index in [4.69, 9.17) is 4.74 Å². The Labute approximate surface area is 162 Å². The minimum Gasteiger partial charge on any atom is -0.451 e. The molecule has 1 atom stereocenters. The Morgan fingerprint density at radius 1 is 1.00 bits per heavy atom. The van der Waals surface area contributed by atoms with E-state index < -0.39 is 12.1 Å². The Balaban J connectivity index is 1.65. The highest BCUT2D eigenvalue weighted by Gasteiger charge is 2.25. The van der Waals surface area contributed by atoms with Crippen LogP contribution >= 0.6 is 0 Å². The van der Waals surface area contributed by atoms with E-state index in [9.17, 15) is 9.59 Å². The lowest BCUT2D eigenvalue weighted by Crippen LogP contribution is -2.25. The van der Waals surface area contributed by atoms with Gasteiger partial charge in [0.2, 0.25) is 5.78 Å². The van der Waals surface area contributed by atoms with Crippen LogP contribution in [-0.2, 0) is 4.74 Å². The number of hydrogen-bond donors (Lipinski definition) is 1. The van der Waals surface area contributed by atoms with Gasteiger partial charge in [0.05, 0.1) is 11.1 Å². The third-order valence-electron chi connectivity index (χ3n) is 4.86. The van der Waals surface area contributed by atoms with Gasteiger partial charge in [-0.2, -0.15) is 0 Å². The van der Waals surface area contributed by atoms with Gasteiger partial charge in [0.15, 0.2) is 6.10 Å². The van der Waals surface area contributed by atoms with E-state index in [1.54, 1.807) is 13.0 Å². The summed E-state index contributed by atoms with van der Waals surface area (Å²) in [6.07, 6.45) is -0.905. The molecule has 5 nitrogen and oxygen atoms in total. The van der Waals surface area contributed by atoms with Gasteiger partial charge in [-0.05, 0) is 39.0 Å². The van der Waals surface area contributed by atoms with Crippen LogP contribution in [0.1, 0.15) is 39.0 Å². The van der Waals surface area contributed by atoms with Crippen LogP contribution in [0.4, 0.5) is 0 Å². The zero-order valence-corrected chi connectivity index (χ0v) is 15.9. The zero-order chi connectivity index (χ0) is 19.8. The van der Waals surface area contributed by atoms with Gasteiger partial charge in [0, 0.05) is 33.2 Å². The number of H-pyrrole nitrogens is 1. The Bertz CT molecular complexity index is 1220. The minimum atomic E-state index is -0.905. The summed E-state index contributed by atoms with van der Waals surface area (Å²) in [5.74, 6) is -0.751. The molecule has 0 spiro atoms. The number of aromatic nitrogens is 2. The van der Waals surface area contributed by atoms with Crippen molar-refractivity contribution in [2.75, 3.05) is 0 Å². The summed E-state index contributed by atoms with van der Waals surface area (Å²) in [4.78, 5) is 33.5. The number of carbonyl (C=O) groups is 2. The Kier molecular flexibility index (Phi) is 4.43. The number of ketones is 1. The zero-order valence-electron chi connectivity index (χ0n) is 15.9. The topological polar surface area (TPSA) is 72.1 Å². The highest BCUT2D eigenvalue weighted by molar-refractivity contribution is 6.12. The maximum atomic E-state index is 13.0. The molecule has 0 aliphatic rings. The number of rotatable bonds is 4. The number of pyridine rings is 1. The molecule has 2 aromatic carbocycles. The number of hydrogen-bond acceptors (Lipinski definition) is 4. The standard InChI is InChI=1S/C23H20N2O3/c1-13-12-18(16-8-4-6-10-19(16)24-13)23(27)28-15(3)22(26)21-14(2)25-20-11-7-5-9-17(20)21/h4-12,15,25H,1-3H3. The van der Waals surface area contributed by atoms with Crippen LogP contribution in [0.2, 0.25) is 0 Å². The van der Waals surface area contributed by atoms with Crippen LogP contribution in [-0.4, -0.2) is 27.8 Å². The second kappa shape index (κ2) is 6.93. The van der Waals surface area contributed by atoms with E-state index in [0.29, 0.717) is 16.5 Å². The number of fused-ring (bicyclic) bond motifs is 2. The van der Waals surface area contributed by atoms with Crippen molar-refractivity contribution in [1.82, 2.24) is 9.97 Å². The summed E-state index contributed by atoms with van der Waals surface area (Å²) in [6, 6.07) is 16.7. The quantitative estimate of drug-likeness (QED) is 0.414. The lowest BCUT2D eigenvalue weighted by atomic mass is 10.0. The van der Waals surface area contributed by atoms with Crippen LogP contribution in [0, 0.1) is 13.8 Å². The molecule has 0 saturated carbocycles. The highest BCUT2D eigenvalue weighted by atomic mass is 16.5.